The van der Waals surface area contributed by atoms with E-state index in [1.54, 1.807) is 6.20 Å². The molecule has 1 aromatic rings. The monoisotopic (exact) mass is 321 g/mol. The van der Waals surface area contributed by atoms with E-state index < -0.39 is 7.25 Å². The highest BCUT2D eigenvalue weighted by atomic mass is 19.5. The summed E-state index contributed by atoms with van der Waals surface area (Å²) in [6.45, 7) is 3.86. The molecular formula is C14H20BF4NO2. The van der Waals surface area contributed by atoms with E-state index in [1.165, 1.54) is 6.08 Å². The maximum absolute atomic E-state index is 11.6. The summed E-state index contributed by atoms with van der Waals surface area (Å²) in [6.07, 6.45) is 3.25. The largest absolute Gasteiger partial charge is 0.673 e. The molecule has 124 valence electrons. The molecule has 0 amide bonds. The smallest absolute Gasteiger partial charge is 0.423 e. The van der Waals surface area contributed by atoms with Crippen molar-refractivity contribution in [3.63, 3.8) is 0 Å². The summed E-state index contributed by atoms with van der Waals surface area (Å²) in [5.74, 6) is 0.319. The average molecular weight is 321 g/mol. The van der Waals surface area contributed by atoms with Crippen LogP contribution in [0, 0.1) is 13.8 Å². The number of aryl methyl sites for hydroxylation is 2. The van der Waals surface area contributed by atoms with E-state index in [0.717, 1.165) is 11.1 Å². The Kier molecular flexibility index (Phi) is 7.32. The first-order valence-electron chi connectivity index (χ1n) is 6.45. The number of esters is 1. The van der Waals surface area contributed by atoms with Crippen molar-refractivity contribution in [2.75, 3.05) is 21.1 Å². The predicted octanol–water partition coefficient (Wildman–Crippen LogP) is 3.73. The van der Waals surface area contributed by atoms with Gasteiger partial charge in [0.2, 0.25) is 0 Å². The second kappa shape index (κ2) is 7.98. The number of quaternary nitrogens is 1. The van der Waals surface area contributed by atoms with Gasteiger partial charge in [0.15, 0.2) is 0 Å². The van der Waals surface area contributed by atoms with Gasteiger partial charge >= 0.3 is 13.2 Å². The van der Waals surface area contributed by atoms with Crippen LogP contribution in [-0.4, -0.2) is 38.8 Å². The highest BCUT2D eigenvalue weighted by molar-refractivity contribution is 6.50. The van der Waals surface area contributed by atoms with Crippen molar-refractivity contribution in [3.05, 3.63) is 41.6 Å². The average Bonchev–Trinajstić information content (AvgIpc) is 2.28. The van der Waals surface area contributed by atoms with Crippen LogP contribution in [0.1, 0.15) is 11.1 Å². The van der Waals surface area contributed by atoms with E-state index in [4.69, 9.17) is 4.74 Å². The zero-order valence-electron chi connectivity index (χ0n) is 13.2. The van der Waals surface area contributed by atoms with Gasteiger partial charge in [-0.1, -0.05) is 18.2 Å². The summed E-state index contributed by atoms with van der Waals surface area (Å²) in [4.78, 5) is 11.6. The zero-order chi connectivity index (χ0) is 17.6. The van der Waals surface area contributed by atoms with Gasteiger partial charge in [-0.3, -0.25) is 0 Å². The molecule has 0 aliphatic carbocycles. The zero-order valence-corrected chi connectivity index (χ0v) is 13.2. The Hall–Kier alpha value is -1.83. The number of rotatable bonds is 3. The third-order valence-electron chi connectivity index (χ3n) is 2.27. The third kappa shape index (κ3) is 10.9. The minimum Gasteiger partial charge on any atom is -0.423 e. The lowest BCUT2D eigenvalue weighted by atomic mass is 10.1. The van der Waals surface area contributed by atoms with E-state index in [9.17, 15) is 22.1 Å². The van der Waals surface area contributed by atoms with E-state index in [1.807, 2.05) is 53.2 Å². The van der Waals surface area contributed by atoms with Gasteiger partial charge in [0.05, 0.1) is 27.2 Å². The summed E-state index contributed by atoms with van der Waals surface area (Å²) >= 11 is 0. The number of para-hydroxylation sites is 1. The number of carbonyl (C=O) groups is 1. The Balaban J connectivity index is 0.000000763. The molecule has 0 saturated carbocycles. The lowest BCUT2D eigenvalue weighted by Crippen LogP contribution is -2.27. The molecule has 0 radical (unpaired) electrons. The molecule has 8 heteroatoms. The summed E-state index contributed by atoms with van der Waals surface area (Å²) in [7, 11) is -0.0750. The van der Waals surface area contributed by atoms with Crippen molar-refractivity contribution in [1.29, 1.82) is 0 Å². The minimum absolute atomic E-state index is 0.338. The summed E-state index contributed by atoms with van der Waals surface area (Å²) < 4.78 is 44.9. The lowest BCUT2D eigenvalue weighted by Gasteiger charge is -2.17. The Bertz CT molecular complexity index is 510. The molecule has 0 N–H and O–H groups in total. The Morgan fingerprint density at radius 2 is 1.50 bits per heavy atom. The van der Waals surface area contributed by atoms with Gasteiger partial charge in [-0.05, 0) is 25.0 Å². The lowest BCUT2D eigenvalue weighted by molar-refractivity contribution is -0.817. The van der Waals surface area contributed by atoms with Crippen molar-refractivity contribution >= 4 is 13.2 Å². The van der Waals surface area contributed by atoms with Crippen molar-refractivity contribution in [3.8, 4) is 5.75 Å². The quantitative estimate of drug-likeness (QED) is 0.212. The fraction of sp³-hybridized carbons (Fsp3) is 0.357. The van der Waals surface area contributed by atoms with Crippen molar-refractivity contribution < 1.29 is 31.3 Å². The summed E-state index contributed by atoms with van der Waals surface area (Å²) in [5, 5.41) is 0. The minimum atomic E-state index is -6.00. The van der Waals surface area contributed by atoms with Crippen LogP contribution in [0.5, 0.6) is 5.75 Å². The molecular weight excluding hydrogens is 301 g/mol. The molecule has 1 rings (SSSR count). The van der Waals surface area contributed by atoms with E-state index in [-0.39, 0.29) is 5.97 Å². The number of hydrogen-bond donors (Lipinski definition) is 0. The number of hydrogen-bond acceptors (Lipinski definition) is 2. The van der Waals surface area contributed by atoms with Crippen LogP contribution >= 0.6 is 0 Å². The number of benzene rings is 1. The summed E-state index contributed by atoms with van der Waals surface area (Å²) in [6, 6.07) is 5.81. The van der Waals surface area contributed by atoms with Crippen LogP contribution in [0.2, 0.25) is 0 Å². The molecule has 22 heavy (non-hydrogen) atoms. The van der Waals surface area contributed by atoms with E-state index in [2.05, 4.69) is 0 Å². The molecule has 0 heterocycles. The summed E-state index contributed by atoms with van der Waals surface area (Å²) in [5.41, 5.74) is 1.94. The van der Waals surface area contributed by atoms with Gasteiger partial charge in [0.1, 0.15) is 11.9 Å². The molecule has 0 atom stereocenters. The molecule has 0 spiro atoms. The first-order chi connectivity index (χ1) is 9.79. The maximum atomic E-state index is 11.6. The molecule has 0 aliphatic heterocycles. The first-order valence-corrected chi connectivity index (χ1v) is 6.45. The van der Waals surface area contributed by atoms with Gasteiger partial charge in [-0.25, -0.2) is 4.79 Å². The highest BCUT2D eigenvalue weighted by Gasteiger charge is 2.20. The Labute approximate surface area is 127 Å². The van der Waals surface area contributed by atoms with Crippen LogP contribution in [0.3, 0.4) is 0 Å². The molecule has 0 saturated heterocycles. The molecule has 0 unspecified atom stereocenters. The molecule has 0 fully saturated rings. The van der Waals surface area contributed by atoms with Crippen molar-refractivity contribution in [2.45, 2.75) is 13.8 Å². The van der Waals surface area contributed by atoms with Crippen LogP contribution in [0.25, 0.3) is 0 Å². The van der Waals surface area contributed by atoms with Crippen molar-refractivity contribution in [2.24, 2.45) is 0 Å². The highest BCUT2D eigenvalue weighted by Crippen LogP contribution is 2.22. The van der Waals surface area contributed by atoms with Crippen molar-refractivity contribution in [1.82, 2.24) is 0 Å². The topological polar surface area (TPSA) is 26.3 Å². The first kappa shape index (κ1) is 20.2. The van der Waals surface area contributed by atoms with Gasteiger partial charge < -0.3 is 26.5 Å². The molecule has 0 aliphatic rings. The standard InChI is InChI=1S/C14H20NO2.BF4/c1-11-7-6-8-12(2)14(11)17-13(16)9-10-15(3,4)5;2-1(3,4)5/h6-10H,1-5H3;/q+1;-1/b10-9+;. The third-order valence-corrected chi connectivity index (χ3v) is 2.27. The van der Waals surface area contributed by atoms with Crippen LogP contribution in [0.15, 0.2) is 30.5 Å². The van der Waals surface area contributed by atoms with Crippen LogP contribution < -0.4 is 4.74 Å². The van der Waals surface area contributed by atoms with Gasteiger partial charge in [-0.15, -0.1) is 0 Å². The second-order valence-corrected chi connectivity index (χ2v) is 5.57. The fourth-order valence-corrected chi connectivity index (χ4v) is 1.38. The van der Waals surface area contributed by atoms with Gasteiger partial charge in [-0.2, -0.15) is 0 Å². The van der Waals surface area contributed by atoms with Crippen LogP contribution in [-0.2, 0) is 4.79 Å². The number of carbonyl (C=O) groups excluding carboxylic acids is 1. The molecule has 0 bridgehead atoms. The van der Waals surface area contributed by atoms with E-state index in [0.29, 0.717) is 10.2 Å². The molecule has 3 nitrogen and oxygen atoms in total. The normalized spacial score (nSPS) is 11.9. The maximum Gasteiger partial charge on any atom is 0.673 e. The number of halogens is 4. The molecule has 0 aromatic heterocycles. The molecule has 1 aromatic carbocycles. The van der Waals surface area contributed by atoms with Crippen LogP contribution in [0.4, 0.5) is 17.3 Å². The SMILES string of the molecule is Cc1cccc(C)c1OC(=O)/C=C/[N+](C)(C)C.F[B-](F)(F)F. The second-order valence-electron chi connectivity index (χ2n) is 5.57. The predicted molar refractivity (Wildman–Crippen MR) is 78.9 cm³/mol. The number of nitrogens with zero attached hydrogens (tertiary/aromatic N) is 1. The van der Waals surface area contributed by atoms with E-state index >= 15 is 0 Å². The Morgan fingerprint density at radius 3 is 1.86 bits per heavy atom. The fourth-order valence-electron chi connectivity index (χ4n) is 1.38. The van der Waals surface area contributed by atoms with Gasteiger partial charge in [0, 0.05) is 0 Å². The van der Waals surface area contributed by atoms with Gasteiger partial charge in [0.25, 0.3) is 0 Å². The Morgan fingerprint density at radius 1 is 1.09 bits per heavy atom. The number of ether oxygens (including phenoxy) is 1.